The summed E-state index contributed by atoms with van der Waals surface area (Å²) in [7, 11) is 1.56. The number of nitrogens with one attached hydrogen (secondary N) is 1. The Labute approximate surface area is 133 Å². The first kappa shape index (κ1) is 14.9. The van der Waals surface area contributed by atoms with Gasteiger partial charge in [0.1, 0.15) is 5.75 Å². The molecule has 20 heavy (non-hydrogen) atoms. The number of ether oxygens (including phenoxy) is 1. The zero-order chi connectivity index (χ0) is 14.7. The zero-order valence-corrected chi connectivity index (χ0v) is 13.8. The highest BCUT2D eigenvalue weighted by atomic mass is 79.9. The minimum absolute atomic E-state index is 0.252. The lowest BCUT2D eigenvalue weighted by Gasteiger charge is -2.11. The van der Waals surface area contributed by atoms with Gasteiger partial charge in [-0.25, -0.2) is 0 Å². The van der Waals surface area contributed by atoms with Gasteiger partial charge in [-0.15, -0.1) is 0 Å². The van der Waals surface area contributed by atoms with Crippen LogP contribution in [0, 0.1) is 0 Å². The first-order valence-electron chi connectivity index (χ1n) is 5.71. The Bertz CT molecular complexity index is 660. The normalized spacial score (nSPS) is 10.2. The third kappa shape index (κ3) is 3.32. The predicted molar refractivity (Wildman–Crippen MR) is 87.2 cm³/mol. The minimum atomic E-state index is -0.252. The Morgan fingerprint density at radius 3 is 2.65 bits per heavy atom. The Kier molecular flexibility index (Phi) is 4.67. The van der Waals surface area contributed by atoms with E-state index in [1.807, 2.05) is 6.07 Å². The SMILES string of the molecule is COc1ccc(N)c(NC(=O)c2cc(Br)ccc2Br)c1. The number of hydrogen-bond acceptors (Lipinski definition) is 3. The molecule has 0 saturated carbocycles. The number of nitrogen functional groups attached to an aromatic ring is 1. The van der Waals surface area contributed by atoms with E-state index in [0.717, 1.165) is 4.47 Å². The largest absolute Gasteiger partial charge is 0.497 e. The molecule has 104 valence electrons. The summed E-state index contributed by atoms with van der Waals surface area (Å²) in [5.41, 5.74) is 7.35. The van der Waals surface area contributed by atoms with Crippen LogP contribution in [0.3, 0.4) is 0 Å². The van der Waals surface area contributed by atoms with E-state index in [-0.39, 0.29) is 5.91 Å². The van der Waals surface area contributed by atoms with Crippen LogP contribution in [-0.4, -0.2) is 13.0 Å². The quantitative estimate of drug-likeness (QED) is 0.765. The second-order valence-corrected chi connectivity index (χ2v) is 5.80. The van der Waals surface area contributed by atoms with E-state index in [0.29, 0.717) is 27.2 Å². The van der Waals surface area contributed by atoms with Crippen LogP contribution in [0.25, 0.3) is 0 Å². The molecule has 4 nitrogen and oxygen atoms in total. The van der Waals surface area contributed by atoms with Crippen molar-refractivity contribution in [2.24, 2.45) is 0 Å². The summed E-state index contributed by atoms with van der Waals surface area (Å²) in [6.45, 7) is 0. The van der Waals surface area contributed by atoms with Crippen LogP contribution in [0.4, 0.5) is 11.4 Å². The number of anilines is 2. The van der Waals surface area contributed by atoms with Crippen LogP contribution in [-0.2, 0) is 0 Å². The molecular formula is C14H12Br2N2O2. The average molecular weight is 400 g/mol. The third-order valence-electron chi connectivity index (χ3n) is 2.68. The molecule has 2 rings (SSSR count). The highest BCUT2D eigenvalue weighted by Crippen LogP contribution is 2.27. The van der Waals surface area contributed by atoms with Crippen molar-refractivity contribution in [3.05, 3.63) is 50.9 Å². The van der Waals surface area contributed by atoms with Crippen molar-refractivity contribution in [3.8, 4) is 5.75 Å². The highest BCUT2D eigenvalue weighted by Gasteiger charge is 2.12. The smallest absolute Gasteiger partial charge is 0.256 e. The molecule has 0 heterocycles. The van der Waals surface area contributed by atoms with Crippen molar-refractivity contribution in [1.82, 2.24) is 0 Å². The molecule has 0 aromatic heterocycles. The van der Waals surface area contributed by atoms with Crippen molar-refractivity contribution < 1.29 is 9.53 Å². The molecule has 0 atom stereocenters. The Hall–Kier alpha value is -1.53. The molecule has 0 bridgehead atoms. The van der Waals surface area contributed by atoms with E-state index < -0.39 is 0 Å². The standard InChI is InChI=1S/C14H12Br2N2O2/c1-20-9-3-5-12(17)13(7-9)18-14(19)10-6-8(15)2-4-11(10)16/h2-7H,17H2,1H3,(H,18,19). The molecule has 6 heteroatoms. The van der Waals surface area contributed by atoms with E-state index >= 15 is 0 Å². The second-order valence-electron chi connectivity index (χ2n) is 4.03. The molecule has 0 unspecified atom stereocenters. The second kappa shape index (κ2) is 6.28. The molecule has 0 aliphatic heterocycles. The fourth-order valence-corrected chi connectivity index (χ4v) is 2.42. The van der Waals surface area contributed by atoms with Gasteiger partial charge in [0.05, 0.1) is 24.0 Å². The van der Waals surface area contributed by atoms with Crippen molar-refractivity contribution in [3.63, 3.8) is 0 Å². The maximum absolute atomic E-state index is 12.3. The number of rotatable bonds is 3. The summed E-state index contributed by atoms with van der Waals surface area (Å²) in [6.07, 6.45) is 0. The fraction of sp³-hybridized carbons (Fsp3) is 0.0714. The maximum Gasteiger partial charge on any atom is 0.256 e. The number of carbonyl (C=O) groups is 1. The van der Waals surface area contributed by atoms with Gasteiger partial charge in [-0.3, -0.25) is 4.79 Å². The van der Waals surface area contributed by atoms with Gasteiger partial charge < -0.3 is 15.8 Å². The lowest BCUT2D eigenvalue weighted by atomic mass is 10.2. The summed E-state index contributed by atoms with van der Waals surface area (Å²) in [5.74, 6) is 0.376. The van der Waals surface area contributed by atoms with Gasteiger partial charge in [-0.05, 0) is 46.3 Å². The molecule has 0 fully saturated rings. The van der Waals surface area contributed by atoms with Crippen LogP contribution in [0.1, 0.15) is 10.4 Å². The molecule has 2 aromatic carbocycles. The van der Waals surface area contributed by atoms with Gasteiger partial charge in [0.15, 0.2) is 0 Å². The molecule has 0 saturated heterocycles. The van der Waals surface area contributed by atoms with E-state index in [4.69, 9.17) is 10.5 Å². The van der Waals surface area contributed by atoms with Crippen LogP contribution < -0.4 is 15.8 Å². The van der Waals surface area contributed by atoms with Gasteiger partial charge >= 0.3 is 0 Å². The molecule has 0 spiro atoms. The minimum Gasteiger partial charge on any atom is -0.497 e. The third-order valence-corrected chi connectivity index (χ3v) is 3.87. The monoisotopic (exact) mass is 398 g/mol. The first-order valence-corrected chi connectivity index (χ1v) is 7.30. The number of nitrogens with two attached hydrogens (primary N) is 1. The summed E-state index contributed by atoms with van der Waals surface area (Å²) in [6, 6.07) is 10.5. The Balaban J connectivity index is 2.30. The summed E-state index contributed by atoms with van der Waals surface area (Å²) < 4.78 is 6.65. The number of halogens is 2. The fourth-order valence-electron chi connectivity index (χ4n) is 1.63. The van der Waals surface area contributed by atoms with Crippen LogP contribution in [0.15, 0.2) is 45.3 Å². The molecule has 0 aliphatic rings. The van der Waals surface area contributed by atoms with Crippen LogP contribution >= 0.6 is 31.9 Å². The van der Waals surface area contributed by atoms with Crippen molar-refractivity contribution in [2.45, 2.75) is 0 Å². The molecule has 3 N–H and O–H groups in total. The molecule has 0 radical (unpaired) electrons. The summed E-state index contributed by atoms with van der Waals surface area (Å²) in [4.78, 5) is 12.3. The van der Waals surface area contributed by atoms with E-state index in [1.165, 1.54) is 0 Å². The van der Waals surface area contributed by atoms with E-state index in [1.54, 1.807) is 37.4 Å². The number of carbonyl (C=O) groups excluding carboxylic acids is 1. The van der Waals surface area contributed by atoms with Gasteiger partial charge in [-0.2, -0.15) is 0 Å². The maximum atomic E-state index is 12.3. The van der Waals surface area contributed by atoms with Crippen molar-refractivity contribution >= 4 is 49.1 Å². The number of hydrogen-bond donors (Lipinski definition) is 2. The van der Waals surface area contributed by atoms with Crippen molar-refractivity contribution in [2.75, 3.05) is 18.2 Å². The lowest BCUT2D eigenvalue weighted by Crippen LogP contribution is -2.14. The summed E-state index contributed by atoms with van der Waals surface area (Å²) >= 11 is 6.70. The highest BCUT2D eigenvalue weighted by molar-refractivity contribution is 9.11. The van der Waals surface area contributed by atoms with Gasteiger partial charge in [-0.1, -0.05) is 15.9 Å². The van der Waals surface area contributed by atoms with Crippen LogP contribution in [0.2, 0.25) is 0 Å². The van der Waals surface area contributed by atoms with Gasteiger partial charge in [0.25, 0.3) is 5.91 Å². The van der Waals surface area contributed by atoms with Crippen LogP contribution in [0.5, 0.6) is 5.75 Å². The van der Waals surface area contributed by atoms with E-state index in [9.17, 15) is 4.79 Å². The predicted octanol–water partition coefficient (Wildman–Crippen LogP) is 4.05. The Morgan fingerprint density at radius 2 is 1.95 bits per heavy atom. The van der Waals surface area contributed by atoms with Gasteiger partial charge in [0, 0.05) is 15.0 Å². The molecule has 2 aromatic rings. The topological polar surface area (TPSA) is 64.3 Å². The number of amides is 1. The van der Waals surface area contributed by atoms with E-state index in [2.05, 4.69) is 37.2 Å². The number of methoxy groups -OCH3 is 1. The lowest BCUT2D eigenvalue weighted by molar-refractivity contribution is 0.102. The van der Waals surface area contributed by atoms with Gasteiger partial charge in [0.2, 0.25) is 0 Å². The summed E-state index contributed by atoms with van der Waals surface area (Å²) in [5, 5.41) is 2.77. The Morgan fingerprint density at radius 1 is 1.20 bits per heavy atom. The first-order chi connectivity index (χ1) is 9.51. The molecular weight excluding hydrogens is 388 g/mol. The van der Waals surface area contributed by atoms with Crippen molar-refractivity contribution in [1.29, 1.82) is 0 Å². The average Bonchev–Trinajstić information content (AvgIpc) is 2.43. The number of benzene rings is 2. The molecule has 0 aliphatic carbocycles. The zero-order valence-electron chi connectivity index (χ0n) is 10.6. The molecule has 1 amide bonds.